The number of thiazole rings is 1. The molecular weight excluding hydrogens is 316 g/mol. The maximum atomic E-state index is 12.4. The van der Waals surface area contributed by atoms with Gasteiger partial charge in [-0.15, -0.1) is 0 Å². The van der Waals surface area contributed by atoms with Gasteiger partial charge in [0.2, 0.25) is 0 Å². The zero-order chi connectivity index (χ0) is 16.6. The summed E-state index contributed by atoms with van der Waals surface area (Å²) in [7, 11) is 1.55. The zero-order valence-corrected chi connectivity index (χ0v) is 13.6. The molecule has 0 atom stereocenters. The molecule has 0 aliphatic rings. The molecule has 1 amide bonds. The minimum Gasteiger partial charge on any atom is -0.493 e. The molecule has 23 heavy (non-hydrogen) atoms. The number of nitrogens with one attached hydrogen (secondary N) is 1. The minimum absolute atomic E-state index is 0.0901. The average molecular weight is 330 g/mol. The van der Waals surface area contributed by atoms with Crippen LogP contribution in [-0.4, -0.2) is 23.8 Å². The quantitative estimate of drug-likeness (QED) is 0.738. The normalized spacial score (nSPS) is 10.7. The SMILES string of the molecule is COc1cccc2c(C)c(C(=O)Nc3ncc(C(C)=O)s3)oc12. The van der Waals surface area contributed by atoms with Crippen LogP contribution in [0, 0.1) is 6.92 Å². The molecule has 0 radical (unpaired) electrons. The van der Waals surface area contributed by atoms with E-state index < -0.39 is 5.91 Å². The second kappa shape index (κ2) is 5.85. The second-order valence-electron chi connectivity index (χ2n) is 4.93. The number of benzene rings is 1. The first-order chi connectivity index (χ1) is 11.0. The van der Waals surface area contributed by atoms with Crippen LogP contribution < -0.4 is 10.1 Å². The molecule has 1 N–H and O–H groups in total. The number of fused-ring (bicyclic) bond motifs is 1. The summed E-state index contributed by atoms with van der Waals surface area (Å²) in [6, 6.07) is 5.48. The number of aromatic nitrogens is 1. The number of Topliss-reactive ketones (excluding diaryl/α,β-unsaturated/α-hetero) is 1. The van der Waals surface area contributed by atoms with E-state index in [1.807, 2.05) is 19.1 Å². The van der Waals surface area contributed by atoms with Crippen LogP contribution in [0.1, 0.15) is 32.7 Å². The molecular formula is C16H14N2O4S. The maximum absolute atomic E-state index is 12.4. The predicted octanol–water partition coefficient (Wildman–Crippen LogP) is 3.66. The Morgan fingerprint density at radius 3 is 2.78 bits per heavy atom. The van der Waals surface area contributed by atoms with Crippen LogP contribution in [0.15, 0.2) is 28.8 Å². The van der Waals surface area contributed by atoms with Gasteiger partial charge in [-0.2, -0.15) is 0 Å². The van der Waals surface area contributed by atoms with Crippen LogP contribution in [0.2, 0.25) is 0 Å². The summed E-state index contributed by atoms with van der Waals surface area (Å²) in [6.45, 7) is 3.26. The number of ether oxygens (including phenoxy) is 1. The Kier molecular flexibility index (Phi) is 3.87. The Bertz CT molecular complexity index is 910. The van der Waals surface area contributed by atoms with Crippen LogP contribution >= 0.6 is 11.3 Å². The Balaban J connectivity index is 1.94. The van der Waals surface area contributed by atoms with Crippen molar-refractivity contribution in [2.24, 2.45) is 0 Å². The molecule has 118 valence electrons. The summed E-state index contributed by atoms with van der Waals surface area (Å²) < 4.78 is 10.9. The number of ketones is 1. The fraction of sp³-hybridized carbons (Fsp3) is 0.188. The summed E-state index contributed by atoms with van der Waals surface area (Å²) in [5.74, 6) is 0.264. The van der Waals surface area contributed by atoms with Crippen molar-refractivity contribution >= 4 is 39.1 Å². The van der Waals surface area contributed by atoms with E-state index in [0.717, 1.165) is 22.3 Å². The van der Waals surface area contributed by atoms with E-state index in [2.05, 4.69) is 10.3 Å². The van der Waals surface area contributed by atoms with Crippen LogP contribution in [0.4, 0.5) is 5.13 Å². The number of methoxy groups -OCH3 is 1. The highest BCUT2D eigenvalue weighted by Gasteiger charge is 2.21. The lowest BCUT2D eigenvalue weighted by atomic mass is 10.1. The molecule has 7 heteroatoms. The number of nitrogens with zero attached hydrogens (tertiary/aromatic N) is 1. The first kappa shape index (κ1) is 15.2. The van der Waals surface area contributed by atoms with Gasteiger partial charge in [0, 0.05) is 17.9 Å². The number of carbonyl (C=O) groups excluding carboxylic acids is 2. The van der Waals surface area contributed by atoms with E-state index >= 15 is 0 Å². The highest BCUT2D eigenvalue weighted by atomic mass is 32.1. The largest absolute Gasteiger partial charge is 0.493 e. The molecule has 0 aliphatic carbocycles. The zero-order valence-electron chi connectivity index (χ0n) is 12.8. The molecule has 0 bridgehead atoms. The predicted molar refractivity (Wildman–Crippen MR) is 87.6 cm³/mol. The molecule has 0 spiro atoms. The van der Waals surface area contributed by atoms with Crippen LogP contribution in [-0.2, 0) is 0 Å². The van der Waals surface area contributed by atoms with Crippen molar-refractivity contribution in [1.82, 2.24) is 4.98 Å². The van der Waals surface area contributed by atoms with Gasteiger partial charge in [0.15, 0.2) is 28.0 Å². The van der Waals surface area contributed by atoms with E-state index in [0.29, 0.717) is 21.3 Å². The summed E-state index contributed by atoms with van der Waals surface area (Å²) in [5.41, 5.74) is 1.25. The molecule has 2 aromatic heterocycles. The van der Waals surface area contributed by atoms with Crippen molar-refractivity contribution in [3.63, 3.8) is 0 Å². The molecule has 3 aromatic rings. The van der Waals surface area contributed by atoms with Gasteiger partial charge in [-0.05, 0) is 13.0 Å². The van der Waals surface area contributed by atoms with Crippen molar-refractivity contribution in [2.45, 2.75) is 13.8 Å². The van der Waals surface area contributed by atoms with Crippen molar-refractivity contribution in [1.29, 1.82) is 0 Å². The van der Waals surface area contributed by atoms with E-state index in [-0.39, 0.29) is 11.5 Å². The number of anilines is 1. The molecule has 0 saturated carbocycles. The third kappa shape index (κ3) is 2.70. The van der Waals surface area contributed by atoms with Gasteiger partial charge >= 0.3 is 0 Å². The number of aryl methyl sites for hydroxylation is 1. The lowest BCUT2D eigenvalue weighted by molar-refractivity contribution is 0.0995. The lowest BCUT2D eigenvalue weighted by Gasteiger charge is -1.99. The van der Waals surface area contributed by atoms with Crippen LogP contribution in [0.25, 0.3) is 11.0 Å². The third-order valence-electron chi connectivity index (χ3n) is 3.43. The van der Waals surface area contributed by atoms with E-state index in [4.69, 9.17) is 9.15 Å². The number of hydrogen-bond acceptors (Lipinski definition) is 6. The van der Waals surface area contributed by atoms with Gasteiger partial charge in [-0.25, -0.2) is 4.98 Å². The first-order valence-electron chi connectivity index (χ1n) is 6.85. The number of carbonyl (C=O) groups is 2. The van der Waals surface area contributed by atoms with Gasteiger partial charge in [0.05, 0.1) is 18.2 Å². The van der Waals surface area contributed by atoms with E-state index in [1.165, 1.54) is 13.1 Å². The standard InChI is InChI=1S/C16H14N2O4S/c1-8-10-5-4-6-11(21-3)14(10)22-13(8)15(20)18-16-17-7-12(23-16)9(2)19/h4-7H,1-3H3,(H,17,18,20). The summed E-state index contributed by atoms with van der Waals surface area (Å²) in [4.78, 5) is 28.2. The highest BCUT2D eigenvalue weighted by molar-refractivity contribution is 7.17. The van der Waals surface area contributed by atoms with Crippen LogP contribution in [0.3, 0.4) is 0 Å². The fourth-order valence-electron chi connectivity index (χ4n) is 2.24. The number of hydrogen-bond donors (Lipinski definition) is 1. The Morgan fingerprint density at radius 2 is 2.13 bits per heavy atom. The molecule has 0 fully saturated rings. The number of para-hydroxylation sites is 1. The smallest absolute Gasteiger partial charge is 0.293 e. The number of amides is 1. The Hall–Kier alpha value is -2.67. The van der Waals surface area contributed by atoms with Gasteiger partial charge in [0.1, 0.15) is 0 Å². The van der Waals surface area contributed by atoms with Crippen LogP contribution in [0.5, 0.6) is 5.75 Å². The monoisotopic (exact) mass is 330 g/mol. The number of rotatable bonds is 4. The molecule has 2 heterocycles. The lowest BCUT2D eigenvalue weighted by Crippen LogP contribution is -2.11. The molecule has 0 unspecified atom stereocenters. The van der Waals surface area contributed by atoms with Gasteiger partial charge in [-0.3, -0.25) is 14.9 Å². The van der Waals surface area contributed by atoms with Crippen molar-refractivity contribution in [2.75, 3.05) is 12.4 Å². The second-order valence-corrected chi connectivity index (χ2v) is 5.96. The molecule has 0 saturated heterocycles. The highest BCUT2D eigenvalue weighted by Crippen LogP contribution is 2.32. The van der Waals surface area contributed by atoms with Crippen molar-refractivity contribution < 1.29 is 18.7 Å². The van der Waals surface area contributed by atoms with Gasteiger partial charge in [-0.1, -0.05) is 23.5 Å². The Morgan fingerprint density at radius 1 is 1.35 bits per heavy atom. The summed E-state index contributed by atoms with van der Waals surface area (Å²) >= 11 is 1.13. The minimum atomic E-state index is -0.412. The molecule has 6 nitrogen and oxygen atoms in total. The summed E-state index contributed by atoms with van der Waals surface area (Å²) in [5, 5.41) is 3.83. The van der Waals surface area contributed by atoms with Gasteiger partial charge < -0.3 is 9.15 Å². The molecule has 3 rings (SSSR count). The van der Waals surface area contributed by atoms with E-state index in [9.17, 15) is 9.59 Å². The van der Waals surface area contributed by atoms with E-state index in [1.54, 1.807) is 13.2 Å². The average Bonchev–Trinajstić information content (AvgIpc) is 3.12. The first-order valence-corrected chi connectivity index (χ1v) is 7.67. The Labute approximate surface area is 136 Å². The van der Waals surface area contributed by atoms with Crippen molar-refractivity contribution in [3.05, 3.63) is 40.6 Å². The summed E-state index contributed by atoms with van der Waals surface area (Å²) in [6.07, 6.45) is 1.44. The molecule has 0 aliphatic heterocycles. The van der Waals surface area contributed by atoms with Gasteiger partial charge in [0.25, 0.3) is 5.91 Å². The van der Waals surface area contributed by atoms with Crippen molar-refractivity contribution in [3.8, 4) is 5.75 Å². The third-order valence-corrected chi connectivity index (χ3v) is 4.44. The topological polar surface area (TPSA) is 81.4 Å². The fourth-order valence-corrected chi connectivity index (χ4v) is 2.95. The molecule has 1 aromatic carbocycles. The number of furan rings is 1. The maximum Gasteiger partial charge on any atom is 0.293 e.